The Morgan fingerprint density at radius 3 is 2.60 bits per heavy atom. The van der Waals surface area contributed by atoms with Crippen LogP contribution in [0.1, 0.15) is 13.8 Å². The average Bonchev–Trinajstić information content (AvgIpc) is 2.30. The molecule has 0 spiro atoms. The first-order valence-corrected chi connectivity index (χ1v) is 9.37. The second-order valence-corrected chi connectivity index (χ2v) is 8.89. The molecule has 0 amide bonds. The lowest BCUT2D eigenvalue weighted by Crippen LogP contribution is -2.48. The number of nitrogens with zero attached hydrogens (tertiary/aromatic N) is 1. The van der Waals surface area contributed by atoms with Gasteiger partial charge < -0.3 is 5.73 Å². The molecule has 0 bridgehead atoms. The molecule has 2 unspecified atom stereocenters. The van der Waals surface area contributed by atoms with Gasteiger partial charge in [-0.3, -0.25) is 0 Å². The molecule has 0 aromatic heterocycles. The van der Waals surface area contributed by atoms with Crippen molar-refractivity contribution in [2.45, 2.75) is 30.0 Å². The normalized spacial score (nSPS) is 24.8. The Kier molecular flexibility index (Phi) is 4.81. The molecule has 0 aliphatic carbocycles. The molecule has 20 heavy (non-hydrogen) atoms. The molecule has 1 fully saturated rings. The van der Waals surface area contributed by atoms with Crippen molar-refractivity contribution in [2.75, 3.05) is 18.0 Å². The number of benzene rings is 1. The third-order valence-electron chi connectivity index (χ3n) is 3.43. The Bertz CT molecular complexity index is 599. The number of hydrogen-bond acceptors (Lipinski definition) is 4. The quantitative estimate of drug-likeness (QED) is 0.828. The van der Waals surface area contributed by atoms with E-state index in [1.807, 2.05) is 13.8 Å². The van der Waals surface area contributed by atoms with Crippen LogP contribution >= 0.6 is 35.0 Å². The molecule has 1 saturated heterocycles. The van der Waals surface area contributed by atoms with Crippen LogP contribution in [0.5, 0.6) is 0 Å². The van der Waals surface area contributed by atoms with E-state index in [2.05, 4.69) is 0 Å². The van der Waals surface area contributed by atoms with Crippen molar-refractivity contribution in [1.82, 2.24) is 4.31 Å². The SMILES string of the molecule is CC1SCCN(S(=O)(=O)c2c(N)cc(Cl)cc2Cl)C1C. The molecule has 4 nitrogen and oxygen atoms in total. The Labute approximate surface area is 133 Å². The van der Waals surface area contributed by atoms with Gasteiger partial charge in [0.15, 0.2) is 0 Å². The van der Waals surface area contributed by atoms with Gasteiger partial charge >= 0.3 is 0 Å². The van der Waals surface area contributed by atoms with Gasteiger partial charge in [0.05, 0.1) is 10.7 Å². The first kappa shape index (κ1) is 16.2. The molecule has 2 N–H and O–H groups in total. The van der Waals surface area contributed by atoms with Gasteiger partial charge in [0.1, 0.15) is 4.90 Å². The summed E-state index contributed by atoms with van der Waals surface area (Å²) in [7, 11) is -3.72. The van der Waals surface area contributed by atoms with Crippen molar-refractivity contribution in [3.63, 3.8) is 0 Å². The van der Waals surface area contributed by atoms with E-state index in [9.17, 15) is 8.42 Å². The summed E-state index contributed by atoms with van der Waals surface area (Å²) in [5.74, 6) is 0.760. The van der Waals surface area contributed by atoms with Crippen LogP contribution in [0, 0.1) is 0 Å². The monoisotopic (exact) mass is 354 g/mol. The zero-order valence-electron chi connectivity index (χ0n) is 11.1. The Hall–Kier alpha value is -0.140. The fourth-order valence-corrected chi connectivity index (χ4v) is 6.16. The molecule has 0 radical (unpaired) electrons. The van der Waals surface area contributed by atoms with Gasteiger partial charge in [0.2, 0.25) is 10.0 Å². The first-order valence-electron chi connectivity index (χ1n) is 6.13. The van der Waals surface area contributed by atoms with E-state index in [1.54, 1.807) is 11.8 Å². The number of sulfonamides is 1. The molecular formula is C12H16Cl2N2O2S2. The average molecular weight is 355 g/mol. The molecule has 8 heteroatoms. The standard InChI is InChI=1S/C12H16Cl2N2O2S2/c1-7-8(2)19-4-3-16(7)20(17,18)12-10(14)5-9(13)6-11(12)15/h5-8H,3-4,15H2,1-2H3. The van der Waals surface area contributed by atoms with Crippen molar-refractivity contribution in [3.8, 4) is 0 Å². The molecule has 2 rings (SSSR count). The number of nitrogens with two attached hydrogens (primary N) is 1. The smallest absolute Gasteiger partial charge is 0.246 e. The van der Waals surface area contributed by atoms with E-state index in [-0.39, 0.29) is 26.9 Å². The number of rotatable bonds is 2. The minimum Gasteiger partial charge on any atom is -0.398 e. The summed E-state index contributed by atoms with van der Waals surface area (Å²) in [5, 5.41) is 0.612. The zero-order valence-corrected chi connectivity index (χ0v) is 14.3. The van der Waals surface area contributed by atoms with E-state index < -0.39 is 10.0 Å². The summed E-state index contributed by atoms with van der Waals surface area (Å²) < 4.78 is 27.1. The molecular weight excluding hydrogens is 339 g/mol. The van der Waals surface area contributed by atoms with Crippen molar-refractivity contribution >= 4 is 50.7 Å². The number of halogens is 2. The van der Waals surface area contributed by atoms with E-state index >= 15 is 0 Å². The van der Waals surface area contributed by atoms with Crippen molar-refractivity contribution in [3.05, 3.63) is 22.2 Å². The van der Waals surface area contributed by atoms with Crippen molar-refractivity contribution < 1.29 is 8.42 Å². The van der Waals surface area contributed by atoms with Crippen LogP contribution in [0.15, 0.2) is 17.0 Å². The van der Waals surface area contributed by atoms with Crippen LogP contribution in [0.4, 0.5) is 5.69 Å². The largest absolute Gasteiger partial charge is 0.398 e. The van der Waals surface area contributed by atoms with E-state index in [1.165, 1.54) is 16.4 Å². The summed E-state index contributed by atoms with van der Waals surface area (Å²) >= 11 is 13.6. The molecule has 1 aliphatic rings. The highest BCUT2D eigenvalue weighted by Gasteiger charge is 2.37. The van der Waals surface area contributed by atoms with Gasteiger partial charge in [-0.15, -0.1) is 0 Å². The van der Waals surface area contributed by atoms with Crippen LogP contribution in [-0.2, 0) is 10.0 Å². The lowest BCUT2D eigenvalue weighted by molar-refractivity contribution is 0.340. The summed E-state index contributed by atoms with van der Waals surface area (Å²) in [4.78, 5) is -0.0467. The summed E-state index contributed by atoms with van der Waals surface area (Å²) in [6.07, 6.45) is 0. The number of hydrogen-bond donors (Lipinski definition) is 1. The third-order valence-corrected chi connectivity index (χ3v) is 7.50. The molecule has 112 valence electrons. The second kappa shape index (κ2) is 5.93. The summed E-state index contributed by atoms with van der Waals surface area (Å²) in [6, 6.07) is 2.71. The molecule has 0 saturated carbocycles. The maximum absolute atomic E-state index is 12.8. The van der Waals surface area contributed by atoms with Gasteiger partial charge in [-0.25, -0.2) is 8.42 Å². The number of anilines is 1. The van der Waals surface area contributed by atoms with Crippen LogP contribution in [0.3, 0.4) is 0 Å². The summed E-state index contributed by atoms with van der Waals surface area (Å²) in [6.45, 7) is 4.37. The third kappa shape index (κ3) is 2.90. The van der Waals surface area contributed by atoms with Crippen LogP contribution < -0.4 is 5.73 Å². The minimum absolute atomic E-state index is 0.0467. The van der Waals surface area contributed by atoms with E-state index in [0.717, 1.165) is 5.75 Å². The topological polar surface area (TPSA) is 63.4 Å². The molecule has 1 aliphatic heterocycles. The number of thioether (sulfide) groups is 1. The molecule has 1 heterocycles. The van der Waals surface area contributed by atoms with Crippen molar-refractivity contribution in [1.29, 1.82) is 0 Å². The molecule has 1 aromatic carbocycles. The predicted molar refractivity (Wildman–Crippen MR) is 86.1 cm³/mol. The fourth-order valence-electron chi connectivity index (χ4n) is 2.21. The fraction of sp³-hybridized carbons (Fsp3) is 0.500. The lowest BCUT2D eigenvalue weighted by Gasteiger charge is -2.36. The van der Waals surface area contributed by atoms with Crippen LogP contribution in [0.25, 0.3) is 0 Å². The lowest BCUT2D eigenvalue weighted by atomic mass is 10.2. The van der Waals surface area contributed by atoms with E-state index in [4.69, 9.17) is 28.9 Å². The Morgan fingerprint density at radius 2 is 2.00 bits per heavy atom. The van der Waals surface area contributed by atoms with Gasteiger partial charge in [-0.1, -0.05) is 30.1 Å². The first-order chi connectivity index (χ1) is 9.25. The maximum Gasteiger partial charge on any atom is 0.246 e. The second-order valence-electron chi connectivity index (χ2n) is 4.74. The van der Waals surface area contributed by atoms with E-state index in [0.29, 0.717) is 11.6 Å². The van der Waals surface area contributed by atoms with Gasteiger partial charge in [-0.05, 0) is 19.1 Å². The highest BCUT2D eigenvalue weighted by atomic mass is 35.5. The Morgan fingerprint density at radius 1 is 1.35 bits per heavy atom. The number of nitrogen functional groups attached to an aromatic ring is 1. The highest BCUT2D eigenvalue weighted by Crippen LogP contribution is 2.36. The van der Waals surface area contributed by atoms with Crippen LogP contribution in [0.2, 0.25) is 10.0 Å². The van der Waals surface area contributed by atoms with Gasteiger partial charge in [-0.2, -0.15) is 16.1 Å². The molecule has 2 atom stereocenters. The molecule has 1 aromatic rings. The van der Waals surface area contributed by atoms with Crippen molar-refractivity contribution in [2.24, 2.45) is 0 Å². The highest BCUT2D eigenvalue weighted by molar-refractivity contribution is 8.00. The zero-order chi connectivity index (χ0) is 15.1. The van der Waals surface area contributed by atoms with Gasteiger partial charge in [0, 0.05) is 28.6 Å². The van der Waals surface area contributed by atoms with Gasteiger partial charge in [0.25, 0.3) is 0 Å². The Balaban J connectivity index is 2.50. The van der Waals surface area contributed by atoms with Crippen LogP contribution in [-0.4, -0.2) is 36.3 Å². The maximum atomic E-state index is 12.8. The summed E-state index contributed by atoms with van der Waals surface area (Å²) in [5.41, 5.74) is 5.90. The minimum atomic E-state index is -3.72. The predicted octanol–water partition coefficient (Wildman–Crippen LogP) is 3.09.